The smallest absolute Gasteiger partial charge is 0.169 e. The van der Waals surface area contributed by atoms with Gasteiger partial charge in [0.2, 0.25) is 0 Å². The van der Waals surface area contributed by atoms with Crippen molar-refractivity contribution in [3.8, 4) is 0 Å². The van der Waals surface area contributed by atoms with Crippen molar-refractivity contribution in [2.75, 3.05) is 14.2 Å². The lowest BCUT2D eigenvalue weighted by atomic mass is 10.3. The summed E-state index contributed by atoms with van der Waals surface area (Å²) in [6, 6.07) is 3.62. The molecule has 17 heavy (non-hydrogen) atoms. The van der Waals surface area contributed by atoms with Gasteiger partial charge in [-0.1, -0.05) is 25.3 Å². The molecule has 0 aliphatic rings. The minimum absolute atomic E-state index is 0.611. The third kappa shape index (κ3) is 3.14. The SMILES string of the molecule is C=C/C=C(\OC)c1ccc(/C(=C/C=C)OC)o1. The molecule has 3 heteroatoms. The molecule has 0 atom stereocenters. The summed E-state index contributed by atoms with van der Waals surface area (Å²) in [4.78, 5) is 0. The van der Waals surface area contributed by atoms with Gasteiger partial charge in [0, 0.05) is 0 Å². The number of hydrogen-bond donors (Lipinski definition) is 0. The lowest BCUT2D eigenvalue weighted by molar-refractivity contribution is 0.335. The zero-order chi connectivity index (χ0) is 12.7. The molecule has 0 saturated carbocycles. The molecule has 90 valence electrons. The van der Waals surface area contributed by atoms with Gasteiger partial charge >= 0.3 is 0 Å². The van der Waals surface area contributed by atoms with Crippen molar-refractivity contribution in [3.63, 3.8) is 0 Å². The summed E-state index contributed by atoms with van der Waals surface area (Å²) >= 11 is 0. The van der Waals surface area contributed by atoms with Crippen LogP contribution in [0.4, 0.5) is 0 Å². The minimum Gasteiger partial charge on any atom is -0.493 e. The monoisotopic (exact) mass is 232 g/mol. The Morgan fingerprint density at radius 2 is 1.41 bits per heavy atom. The molecule has 0 aliphatic heterocycles. The van der Waals surface area contributed by atoms with Gasteiger partial charge in [0.25, 0.3) is 0 Å². The number of ether oxygens (including phenoxy) is 2. The van der Waals surface area contributed by atoms with Gasteiger partial charge in [-0.15, -0.1) is 0 Å². The average Bonchev–Trinajstić information content (AvgIpc) is 2.82. The molecule has 0 unspecified atom stereocenters. The van der Waals surface area contributed by atoms with Crippen molar-refractivity contribution in [2.24, 2.45) is 0 Å². The van der Waals surface area contributed by atoms with Crippen molar-refractivity contribution in [1.29, 1.82) is 0 Å². The topological polar surface area (TPSA) is 31.6 Å². The molecule has 0 amide bonds. The molecule has 0 spiro atoms. The van der Waals surface area contributed by atoms with Crippen LogP contribution in [-0.2, 0) is 9.47 Å². The molecule has 0 N–H and O–H groups in total. The Morgan fingerprint density at radius 3 is 1.71 bits per heavy atom. The quantitative estimate of drug-likeness (QED) is 0.554. The maximum Gasteiger partial charge on any atom is 0.169 e. The molecule has 1 aromatic rings. The van der Waals surface area contributed by atoms with Crippen LogP contribution in [-0.4, -0.2) is 14.2 Å². The average molecular weight is 232 g/mol. The summed E-state index contributed by atoms with van der Waals surface area (Å²) in [5.74, 6) is 2.46. The second kappa shape index (κ2) is 6.43. The Kier molecular flexibility index (Phi) is 4.88. The van der Waals surface area contributed by atoms with E-state index in [0.29, 0.717) is 23.0 Å². The second-order valence-corrected chi connectivity index (χ2v) is 3.11. The van der Waals surface area contributed by atoms with Crippen LogP contribution in [0.2, 0.25) is 0 Å². The van der Waals surface area contributed by atoms with Crippen LogP contribution in [0.5, 0.6) is 0 Å². The van der Waals surface area contributed by atoms with E-state index in [4.69, 9.17) is 13.9 Å². The summed E-state index contributed by atoms with van der Waals surface area (Å²) in [6.07, 6.45) is 6.73. The molecule has 1 rings (SSSR count). The zero-order valence-corrected chi connectivity index (χ0v) is 10.1. The number of hydrogen-bond acceptors (Lipinski definition) is 3. The maximum absolute atomic E-state index is 5.61. The first-order chi connectivity index (χ1) is 8.26. The van der Waals surface area contributed by atoms with Gasteiger partial charge in [-0.2, -0.15) is 0 Å². The van der Waals surface area contributed by atoms with Crippen LogP contribution < -0.4 is 0 Å². The van der Waals surface area contributed by atoms with E-state index in [-0.39, 0.29) is 0 Å². The highest BCUT2D eigenvalue weighted by Crippen LogP contribution is 2.23. The first-order valence-electron chi connectivity index (χ1n) is 5.10. The van der Waals surface area contributed by atoms with Crippen LogP contribution in [0.15, 0.2) is 54.0 Å². The standard InChI is InChI=1S/C14H16O3/c1-5-7-11(15-3)13-9-10-14(17-13)12(16-4)8-6-2/h5-10H,1-2H2,3-4H3/b11-7-,12-8-. The minimum atomic E-state index is 0.611. The van der Waals surface area contributed by atoms with E-state index in [0.717, 1.165) is 0 Å². The van der Waals surface area contributed by atoms with Gasteiger partial charge in [0.1, 0.15) is 0 Å². The number of furan rings is 1. The van der Waals surface area contributed by atoms with Crippen molar-refractivity contribution in [2.45, 2.75) is 0 Å². The van der Waals surface area contributed by atoms with E-state index in [1.165, 1.54) is 0 Å². The van der Waals surface area contributed by atoms with Crippen molar-refractivity contribution in [3.05, 3.63) is 61.1 Å². The zero-order valence-electron chi connectivity index (χ0n) is 10.1. The van der Waals surface area contributed by atoms with Gasteiger partial charge in [0.05, 0.1) is 14.2 Å². The van der Waals surface area contributed by atoms with Gasteiger partial charge in [-0.3, -0.25) is 0 Å². The van der Waals surface area contributed by atoms with Crippen molar-refractivity contribution >= 4 is 11.5 Å². The first kappa shape index (κ1) is 12.9. The van der Waals surface area contributed by atoms with E-state index in [9.17, 15) is 0 Å². The van der Waals surface area contributed by atoms with Crippen molar-refractivity contribution < 1.29 is 13.9 Å². The molecule has 1 heterocycles. The highest BCUT2D eigenvalue weighted by molar-refractivity contribution is 5.62. The van der Waals surface area contributed by atoms with E-state index >= 15 is 0 Å². The molecule has 0 bridgehead atoms. The predicted molar refractivity (Wildman–Crippen MR) is 69.1 cm³/mol. The Balaban J connectivity index is 3.06. The van der Waals surface area contributed by atoms with Crippen LogP contribution in [0.3, 0.4) is 0 Å². The molecule has 3 nitrogen and oxygen atoms in total. The maximum atomic E-state index is 5.61. The normalized spacial score (nSPS) is 12.1. The number of allylic oxidation sites excluding steroid dienone is 4. The third-order valence-electron chi connectivity index (χ3n) is 2.07. The van der Waals surface area contributed by atoms with E-state index in [1.54, 1.807) is 38.5 Å². The van der Waals surface area contributed by atoms with E-state index in [1.807, 2.05) is 12.1 Å². The third-order valence-corrected chi connectivity index (χ3v) is 2.07. The van der Waals surface area contributed by atoms with E-state index in [2.05, 4.69) is 13.2 Å². The molecule has 0 aliphatic carbocycles. The van der Waals surface area contributed by atoms with Gasteiger partial charge in [0.15, 0.2) is 23.0 Å². The Hall–Kier alpha value is -2.16. The summed E-state index contributed by atoms with van der Waals surface area (Å²) in [7, 11) is 3.16. The highest BCUT2D eigenvalue weighted by Gasteiger charge is 2.10. The van der Waals surface area contributed by atoms with Crippen LogP contribution in [0.1, 0.15) is 11.5 Å². The van der Waals surface area contributed by atoms with Crippen LogP contribution in [0.25, 0.3) is 11.5 Å². The van der Waals surface area contributed by atoms with Gasteiger partial charge < -0.3 is 13.9 Å². The van der Waals surface area contributed by atoms with Crippen LogP contribution >= 0.6 is 0 Å². The molecular weight excluding hydrogens is 216 g/mol. The van der Waals surface area contributed by atoms with Crippen LogP contribution in [0, 0.1) is 0 Å². The van der Waals surface area contributed by atoms with E-state index < -0.39 is 0 Å². The summed E-state index contributed by atoms with van der Waals surface area (Å²) in [5.41, 5.74) is 0. The second-order valence-electron chi connectivity index (χ2n) is 3.11. The fraction of sp³-hybridized carbons (Fsp3) is 0.143. The predicted octanol–water partition coefficient (Wildman–Crippen LogP) is 3.63. The summed E-state index contributed by atoms with van der Waals surface area (Å²) in [5, 5.41) is 0. The first-order valence-corrected chi connectivity index (χ1v) is 5.10. The fourth-order valence-electron chi connectivity index (χ4n) is 1.32. The summed E-state index contributed by atoms with van der Waals surface area (Å²) in [6.45, 7) is 7.23. The molecule has 0 radical (unpaired) electrons. The molecule has 0 saturated heterocycles. The Bertz CT molecular complexity index is 409. The largest absolute Gasteiger partial charge is 0.493 e. The fourth-order valence-corrected chi connectivity index (χ4v) is 1.32. The lowest BCUT2D eigenvalue weighted by Gasteiger charge is -2.03. The summed E-state index contributed by atoms with van der Waals surface area (Å²) < 4.78 is 16.0. The highest BCUT2D eigenvalue weighted by atomic mass is 16.5. The molecule has 0 fully saturated rings. The number of rotatable bonds is 6. The molecular formula is C14H16O3. The Morgan fingerprint density at radius 1 is 1.00 bits per heavy atom. The number of methoxy groups -OCH3 is 2. The van der Waals surface area contributed by atoms with Gasteiger partial charge in [-0.05, 0) is 24.3 Å². The lowest BCUT2D eigenvalue weighted by Crippen LogP contribution is -1.85. The van der Waals surface area contributed by atoms with Crippen molar-refractivity contribution in [1.82, 2.24) is 0 Å². The molecule has 1 aromatic heterocycles. The van der Waals surface area contributed by atoms with Gasteiger partial charge in [-0.25, -0.2) is 0 Å². The Labute approximate surface area is 101 Å². The molecule has 0 aromatic carbocycles.